The van der Waals surface area contributed by atoms with Crippen LogP contribution < -0.4 is 0 Å². The second-order valence-electron chi connectivity index (χ2n) is 2.56. The smallest absolute Gasteiger partial charge is 0.123 e. The van der Waals surface area contributed by atoms with E-state index in [1.54, 1.807) is 6.07 Å². The van der Waals surface area contributed by atoms with Gasteiger partial charge in [-0.15, -0.1) is 5.98 Å². The fraction of sp³-hybridized carbons (Fsp3) is 0.200. The Morgan fingerprint density at radius 1 is 1.58 bits per heavy atom. The summed E-state index contributed by atoms with van der Waals surface area (Å²) in [6.07, 6.45) is 0.819. The van der Waals surface area contributed by atoms with Crippen LogP contribution in [-0.4, -0.2) is 7.85 Å². The highest BCUT2D eigenvalue weighted by molar-refractivity contribution is 6.20. The highest BCUT2D eigenvalue weighted by atomic mass is 19.1. The molecule has 0 aliphatic rings. The fourth-order valence-corrected chi connectivity index (χ4v) is 1.11. The summed E-state index contributed by atoms with van der Waals surface area (Å²) < 4.78 is 12.7. The maximum Gasteiger partial charge on any atom is 0.123 e. The normalized spacial score (nSPS) is 11.7. The Morgan fingerprint density at radius 2 is 2.33 bits per heavy atom. The molecule has 0 heterocycles. The lowest BCUT2D eigenvalue weighted by Crippen LogP contribution is -1.84. The van der Waals surface area contributed by atoms with Crippen molar-refractivity contribution in [1.82, 2.24) is 0 Å². The Morgan fingerprint density at radius 3 is 2.83 bits per heavy atom. The lowest BCUT2D eigenvalue weighted by Gasteiger charge is -2.03. The van der Waals surface area contributed by atoms with Crippen LogP contribution in [0.25, 0.3) is 5.57 Å². The van der Waals surface area contributed by atoms with E-state index in [4.69, 9.17) is 7.85 Å². The fourth-order valence-electron chi connectivity index (χ4n) is 1.11. The molecule has 0 aromatic heterocycles. The molecule has 2 radical (unpaired) electrons. The summed E-state index contributed by atoms with van der Waals surface area (Å²) in [6, 6.07) is 6.45. The summed E-state index contributed by atoms with van der Waals surface area (Å²) in [5.74, 6) is 1.30. The minimum absolute atomic E-state index is 0.222. The number of halogens is 1. The second kappa shape index (κ2) is 4.10. The molecule has 0 saturated carbocycles. The Bertz CT molecular complexity index is 292. The van der Waals surface area contributed by atoms with Crippen molar-refractivity contribution in [2.45, 2.75) is 13.3 Å². The molecule has 0 fully saturated rings. The van der Waals surface area contributed by atoms with E-state index in [1.165, 1.54) is 18.1 Å². The predicted octanol–water partition coefficient (Wildman–Crippen LogP) is 2.75. The van der Waals surface area contributed by atoms with Gasteiger partial charge in [0, 0.05) is 0 Å². The number of hydrogen-bond acceptors (Lipinski definition) is 0. The summed E-state index contributed by atoms with van der Waals surface area (Å²) in [5.41, 5.74) is 1.83. The molecule has 0 spiro atoms. The molecule has 0 saturated heterocycles. The Hall–Kier alpha value is -1.05. The van der Waals surface area contributed by atoms with Crippen LogP contribution in [0.5, 0.6) is 0 Å². The summed E-state index contributed by atoms with van der Waals surface area (Å²) in [4.78, 5) is 0. The van der Waals surface area contributed by atoms with Gasteiger partial charge in [-0.05, 0) is 24.1 Å². The minimum atomic E-state index is -0.222. The molecule has 0 amide bonds. The largest absolute Gasteiger partial charge is 0.207 e. The standard InChI is InChI=1S/C10H10BF/c1-2-8(7-11)9-4-3-5-10(12)6-9/h3-7H,2H2,1H3/b8-7+. The molecular formula is C10H10BF. The molecule has 0 unspecified atom stereocenters. The van der Waals surface area contributed by atoms with Crippen LogP contribution in [0.2, 0.25) is 0 Å². The van der Waals surface area contributed by atoms with E-state index in [-0.39, 0.29) is 5.82 Å². The number of benzene rings is 1. The van der Waals surface area contributed by atoms with Crippen molar-refractivity contribution in [3.8, 4) is 0 Å². The Labute approximate surface area is 73.5 Å². The van der Waals surface area contributed by atoms with Crippen molar-refractivity contribution < 1.29 is 4.39 Å². The summed E-state index contributed by atoms with van der Waals surface area (Å²) in [6.45, 7) is 1.99. The van der Waals surface area contributed by atoms with E-state index < -0.39 is 0 Å². The van der Waals surface area contributed by atoms with Gasteiger partial charge in [0.2, 0.25) is 0 Å². The molecule has 0 bridgehead atoms. The minimum Gasteiger partial charge on any atom is -0.207 e. The van der Waals surface area contributed by atoms with Crippen molar-refractivity contribution in [3.63, 3.8) is 0 Å². The Kier molecular flexibility index (Phi) is 3.09. The molecule has 0 N–H and O–H groups in total. The monoisotopic (exact) mass is 160 g/mol. The topological polar surface area (TPSA) is 0 Å². The molecule has 0 aliphatic heterocycles. The van der Waals surface area contributed by atoms with Crippen molar-refractivity contribution in [2.24, 2.45) is 0 Å². The van der Waals surface area contributed by atoms with Crippen LogP contribution in [0.1, 0.15) is 18.9 Å². The van der Waals surface area contributed by atoms with Gasteiger partial charge in [0.05, 0.1) is 0 Å². The maximum atomic E-state index is 12.7. The van der Waals surface area contributed by atoms with Gasteiger partial charge in [-0.3, -0.25) is 0 Å². The van der Waals surface area contributed by atoms with Crippen LogP contribution >= 0.6 is 0 Å². The molecule has 1 aromatic rings. The molecular weight excluding hydrogens is 150 g/mol. The van der Waals surface area contributed by atoms with E-state index in [0.717, 1.165) is 17.6 Å². The van der Waals surface area contributed by atoms with Crippen LogP contribution in [0.4, 0.5) is 4.39 Å². The first kappa shape index (κ1) is 9.05. The van der Waals surface area contributed by atoms with E-state index in [0.29, 0.717) is 0 Å². The van der Waals surface area contributed by atoms with Crippen LogP contribution in [-0.2, 0) is 0 Å². The van der Waals surface area contributed by atoms with Gasteiger partial charge < -0.3 is 0 Å². The van der Waals surface area contributed by atoms with Crippen molar-refractivity contribution >= 4 is 13.4 Å². The third-order valence-electron chi connectivity index (χ3n) is 1.78. The van der Waals surface area contributed by atoms with Crippen molar-refractivity contribution in [1.29, 1.82) is 0 Å². The van der Waals surface area contributed by atoms with E-state index in [1.807, 2.05) is 13.0 Å². The Balaban J connectivity index is 3.02. The SMILES string of the molecule is [B]/C=C(\CC)c1cccc(F)c1. The predicted molar refractivity (Wildman–Crippen MR) is 50.4 cm³/mol. The third kappa shape index (κ3) is 1.97. The van der Waals surface area contributed by atoms with Crippen LogP contribution in [0.3, 0.4) is 0 Å². The van der Waals surface area contributed by atoms with Gasteiger partial charge in [-0.25, -0.2) is 4.39 Å². The third-order valence-corrected chi connectivity index (χ3v) is 1.78. The number of allylic oxidation sites excluding steroid dienone is 1. The quantitative estimate of drug-likeness (QED) is 0.583. The highest BCUT2D eigenvalue weighted by Crippen LogP contribution is 2.17. The molecule has 0 nitrogen and oxygen atoms in total. The lowest BCUT2D eigenvalue weighted by atomic mass is 9.96. The lowest BCUT2D eigenvalue weighted by molar-refractivity contribution is 0.627. The zero-order chi connectivity index (χ0) is 8.97. The van der Waals surface area contributed by atoms with Crippen LogP contribution in [0, 0.1) is 5.82 Å². The number of hydrogen-bond donors (Lipinski definition) is 0. The molecule has 60 valence electrons. The van der Waals surface area contributed by atoms with E-state index in [9.17, 15) is 4.39 Å². The summed E-state index contributed by atoms with van der Waals surface area (Å²) >= 11 is 0. The van der Waals surface area contributed by atoms with Gasteiger partial charge in [0.1, 0.15) is 13.7 Å². The average molecular weight is 160 g/mol. The molecule has 1 rings (SSSR count). The first-order valence-electron chi connectivity index (χ1n) is 3.94. The first-order valence-corrected chi connectivity index (χ1v) is 3.94. The molecule has 12 heavy (non-hydrogen) atoms. The number of rotatable bonds is 2. The average Bonchev–Trinajstić information content (AvgIpc) is 2.07. The zero-order valence-corrected chi connectivity index (χ0v) is 7.05. The van der Waals surface area contributed by atoms with Gasteiger partial charge in [0.25, 0.3) is 0 Å². The van der Waals surface area contributed by atoms with Crippen molar-refractivity contribution in [2.75, 3.05) is 0 Å². The van der Waals surface area contributed by atoms with Crippen LogP contribution in [0.15, 0.2) is 30.2 Å². The van der Waals surface area contributed by atoms with Gasteiger partial charge in [-0.2, -0.15) is 0 Å². The molecule has 1 aromatic carbocycles. The van der Waals surface area contributed by atoms with Gasteiger partial charge in [0.15, 0.2) is 0 Å². The summed E-state index contributed by atoms with van der Waals surface area (Å²) in [7, 11) is 5.38. The van der Waals surface area contributed by atoms with Gasteiger partial charge in [-0.1, -0.05) is 24.6 Å². The second-order valence-corrected chi connectivity index (χ2v) is 2.56. The highest BCUT2D eigenvalue weighted by Gasteiger charge is 1.97. The summed E-state index contributed by atoms with van der Waals surface area (Å²) in [5, 5.41) is 0. The van der Waals surface area contributed by atoms with E-state index in [2.05, 4.69) is 0 Å². The molecule has 0 atom stereocenters. The van der Waals surface area contributed by atoms with E-state index >= 15 is 0 Å². The molecule has 2 heteroatoms. The maximum absolute atomic E-state index is 12.7. The zero-order valence-electron chi connectivity index (χ0n) is 7.05. The van der Waals surface area contributed by atoms with Crippen molar-refractivity contribution in [3.05, 3.63) is 41.6 Å². The first-order chi connectivity index (χ1) is 5.77. The van der Waals surface area contributed by atoms with Gasteiger partial charge >= 0.3 is 0 Å². The molecule has 0 aliphatic carbocycles.